The minimum Gasteiger partial charge on any atom is -0.449 e. The molecule has 1 saturated heterocycles. The number of carbonyl (C=O) groups excluding carboxylic acids is 1. The molecular weight excluding hydrogens is 514 g/mol. The van der Waals surface area contributed by atoms with E-state index < -0.39 is 11.8 Å². The number of hydrogen-bond acceptors (Lipinski definition) is 6. The van der Waals surface area contributed by atoms with Crippen molar-refractivity contribution in [1.82, 2.24) is 9.47 Å². The van der Waals surface area contributed by atoms with Crippen molar-refractivity contribution in [3.63, 3.8) is 0 Å². The van der Waals surface area contributed by atoms with Gasteiger partial charge in [0.1, 0.15) is 5.52 Å². The van der Waals surface area contributed by atoms with Gasteiger partial charge in [0, 0.05) is 32.7 Å². The van der Waals surface area contributed by atoms with E-state index in [4.69, 9.17) is 9.15 Å². The summed E-state index contributed by atoms with van der Waals surface area (Å²) in [6.45, 7) is 6.77. The van der Waals surface area contributed by atoms with Crippen LogP contribution in [-0.2, 0) is 11.3 Å². The number of unbranched alkanes of at least 4 members (excludes halogenated alkanes) is 6. The van der Waals surface area contributed by atoms with E-state index >= 15 is 0 Å². The van der Waals surface area contributed by atoms with Crippen molar-refractivity contribution >= 4 is 22.9 Å². The predicted molar refractivity (Wildman–Crippen MR) is 165 cm³/mol. The Hall–Kier alpha value is -3.84. The normalized spacial score (nSPS) is 14.0. The van der Waals surface area contributed by atoms with E-state index in [1.54, 1.807) is 6.07 Å². The Kier molecular flexibility index (Phi) is 9.91. The lowest BCUT2D eigenvalue weighted by Crippen LogP contribution is -2.46. The van der Waals surface area contributed by atoms with E-state index in [0.29, 0.717) is 17.7 Å². The van der Waals surface area contributed by atoms with Crippen molar-refractivity contribution in [2.45, 2.75) is 58.4 Å². The van der Waals surface area contributed by atoms with Crippen LogP contribution in [-0.4, -0.2) is 48.3 Å². The average molecular weight is 556 g/mol. The van der Waals surface area contributed by atoms with E-state index in [2.05, 4.69) is 65.3 Å². The fraction of sp³-hybridized carbons (Fsp3) is 0.412. The number of rotatable bonds is 12. The topological polar surface area (TPSA) is 67.9 Å². The van der Waals surface area contributed by atoms with Gasteiger partial charge in [0.25, 0.3) is 0 Å². The molecule has 4 aromatic rings. The van der Waals surface area contributed by atoms with Gasteiger partial charge in [-0.15, -0.1) is 0 Å². The second-order valence-electron chi connectivity index (χ2n) is 10.9. The van der Waals surface area contributed by atoms with Crippen LogP contribution in [0, 0.1) is 0 Å². The zero-order valence-electron chi connectivity index (χ0n) is 24.1. The minimum atomic E-state index is -0.700. The number of hydrogen-bond donors (Lipinski definition) is 0. The number of carbonyl (C=O) groups is 1. The summed E-state index contributed by atoms with van der Waals surface area (Å²) in [5.41, 5.74) is 5.48. The number of ether oxygens (including phenoxy) is 1. The Bertz CT molecular complexity index is 1470. The molecule has 216 valence electrons. The first-order valence-corrected chi connectivity index (χ1v) is 15.1. The molecule has 0 atom stereocenters. The van der Waals surface area contributed by atoms with Gasteiger partial charge in [-0.3, -0.25) is 4.90 Å². The van der Waals surface area contributed by atoms with Gasteiger partial charge in [-0.1, -0.05) is 100 Å². The number of nitrogens with zero attached hydrogens (tertiary/aromatic N) is 3. The van der Waals surface area contributed by atoms with Crippen molar-refractivity contribution in [3.05, 3.63) is 88.9 Å². The number of fused-ring (bicyclic) bond motifs is 1. The molecule has 0 bridgehead atoms. The molecule has 1 aliphatic heterocycles. The molecule has 0 spiro atoms. The maximum absolute atomic E-state index is 12.8. The van der Waals surface area contributed by atoms with Crippen LogP contribution in [0.25, 0.3) is 22.2 Å². The van der Waals surface area contributed by atoms with Gasteiger partial charge < -0.3 is 14.1 Å². The van der Waals surface area contributed by atoms with Gasteiger partial charge in [0.2, 0.25) is 0 Å². The molecule has 0 radical (unpaired) electrons. The van der Waals surface area contributed by atoms with Gasteiger partial charge in [0.15, 0.2) is 5.58 Å². The molecule has 1 aliphatic rings. The van der Waals surface area contributed by atoms with Crippen molar-refractivity contribution in [3.8, 4) is 11.1 Å². The van der Waals surface area contributed by atoms with Gasteiger partial charge in [-0.2, -0.15) is 4.57 Å². The molecule has 41 heavy (non-hydrogen) atoms. The summed E-state index contributed by atoms with van der Waals surface area (Å²) in [4.78, 5) is 30.2. The second kappa shape index (κ2) is 14.2. The Morgan fingerprint density at radius 1 is 0.805 bits per heavy atom. The molecule has 0 amide bonds. The fourth-order valence-corrected chi connectivity index (χ4v) is 5.61. The molecule has 5 rings (SSSR count). The zero-order valence-corrected chi connectivity index (χ0v) is 24.1. The van der Waals surface area contributed by atoms with E-state index in [1.165, 1.54) is 42.4 Å². The highest BCUT2D eigenvalue weighted by Gasteiger charge is 2.24. The lowest BCUT2D eigenvalue weighted by molar-refractivity contribution is 0.144. The summed E-state index contributed by atoms with van der Waals surface area (Å²) in [6.07, 6.45) is 7.27. The molecule has 1 aromatic heterocycles. The van der Waals surface area contributed by atoms with Crippen molar-refractivity contribution in [1.29, 1.82) is 0 Å². The Morgan fingerprint density at radius 2 is 1.51 bits per heavy atom. The zero-order chi connectivity index (χ0) is 28.4. The molecule has 0 saturated carbocycles. The van der Waals surface area contributed by atoms with E-state index in [-0.39, 0.29) is 0 Å². The van der Waals surface area contributed by atoms with Crippen LogP contribution in [0.3, 0.4) is 0 Å². The second-order valence-corrected chi connectivity index (χ2v) is 10.9. The predicted octanol–water partition coefficient (Wildman–Crippen LogP) is 7.32. The third-order valence-electron chi connectivity index (χ3n) is 7.90. The highest BCUT2D eigenvalue weighted by Crippen LogP contribution is 2.28. The first-order chi connectivity index (χ1) is 20.1. The highest BCUT2D eigenvalue weighted by molar-refractivity contribution is 5.92. The minimum absolute atomic E-state index is 0.307. The number of oxazole rings is 1. The molecule has 2 heterocycles. The number of para-hydroxylation sites is 1. The third kappa shape index (κ3) is 7.27. The Morgan fingerprint density at radius 3 is 2.29 bits per heavy atom. The summed E-state index contributed by atoms with van der Waals surface area (Å²) in [5.74, 6) is -0.700. The molecular formula is C34H41N3O4. The van der Waals surface area contributed by atoms with Crippen molar-refractivity contribution in [2.75, 3.05) is 37.7 Å². The molecule has 3 aromatic carbocycles. The van der Waals surface area contributed by atoms with Crippen LogP contribution in [0.5, 0.6) is 0 Å². The lowest BCUT2D eigenvalue weighted by atomic mass is 10.0. The fourth-order valence-electron chi connectivity index (χ4n) is 5.61. The summed E-state index contributed by atoms with van der Waals surface area (Å²) < 4.78 is 12.1. The summed E-state index contributed by atoms with van der Waals surface area (Å²) in [5, 5.41) is 0. The van der Waals surface area contributed by atoms with E-state index in [9.17, 15) is 9.59 Å². The summed E-state index contributed by atoms with van der Waals surface area (Å²) in [7, 11) is 0. The van der Waals surface area contributed by atoms with Crippen LogP contribution in [0.15, 0.2) is 82.0 Å². The molecule has 0 N–H and O–H groups in total. The maximum Gasteiger partial charge on any atom is 0.429 e. The molecule has 1 fully saturated rings. The van der Waals surface area contributed by atoms with E-state index in [0.717, 1.165) is 62.2 Å². The highest BCUT2D eigenvalue weighted by atomic mass is 16.6. The number of anilines is 1. The van der Waals surface area contributed by atoms with Crippen LogP contribution >= 0.6 is 0 Å². The SMILES string of the molecule is CCCCCCCCCOC(=O)n1c(=O)oc2c(N3CCN(Cc4cccc(-c5ccccc5)c4)CC3)cccc21. The lowest BCUT2D eigenvalue weighted by Gasteiger charge is -2.36. The largest absolute Gasteiger partial charge is 0.449 e. The quantitative estimate of drug-likeness (QED) is 0.171. The number of aromatic nitrogens is 1. The van der Waals surface area contributed by atoms with Crippen molar-refractivity contribution < 1.29 is 13.9 Å². The van der Waals surface area contributed by atoms with E-state index in [1.807, 2.05) is 18.2 Å². The summed E-state index contributed by atoms with van der Waals surface area (Å²) >= 11 is 0. The molecule has 0 aliphatic carbocycles. The Balaban J connectivity index is 1.17. The smallest absolute Gasteiger partial charge is 0.429 e. The van der Waals surface area contributed by atoms with Gasteiger partial charge in [-0.05, 0) is 41.3 Å². The average Bonchev–Trinajstić information content (AvgIpc) is 3.35. The monoisotopic (exact) mass is 555 g/mol. The van der Waals surface area contributed by atoms with Crippen molar-refractivity contribution in [2.24, 2.45) is 0 Å². The van der Waals surface area contributed by atoms with Gasteiger partial charge in [0.05, 0.1) is 12.3 Å². The number of piperazine rings is 1. The molecule has 7 heteroatoms. The van der Waals surface area contributed by atoms with Crippen LogP contribution in [0.2, 0.25) is 0 Å². The molecule has 0 unspecified atom stereocenters. The van der Waals surface area contributed by atoms with Crippen LogP contribution < -0.4 is 10.7 Å². The third-order valence-corrected chi connectivity index (χ3v) is 7.90. The number of benzene rings is 3. The standard InChI is InChI=1S/C34H41N3O4/c1-2-3-4-5-6-7-11-24-40-33(38)37-31-19-13-18-30(32(31)41-34(37)39)36-22-20-35(21-23-36)26-27-14-12-17-29(25-27)28-15-9-8-10-16-28/h8-10,12-19,25H,2-7,11,20-24,26H2,1H3. The van der Waals surface area contributed by atoms with Crippen LogP contribution in [0.1, 0.15) is 57.4 Å². The first kappa shape index (κ1) is 28.7. The van der Waals surface area contributed by atoms with Gasteiger partial charge in [-0.25, -0.2) is 9.59 Å². The molecule has 7 nitrogen and oxygen atoms in total. The van der Waals surface area contributed by atoms with Gasteiger partial charge >= 0.3 is 11.8 Å². The Labute approximate surface area is 242 Å². The maximum atomic E-state index is 12.8. The first-order valence-electron chi connectivity index (χ1n) is 15.1. The van der Waals surface area contributed by atoms with Crippen LogP contribution in [0.4, 0.5) is 10.5 Å². The summed E-state index contributed by atoms with van der Waals surface area (Å²) in [6, 6.07) is 24.8.